The summed E-state index contributed by atoms with van der Waals surface area (Å²) in [7, 11) is 0. The van der Waals surface area contributed by atoms with Crippen molar-refractivity contribution in [2.75, 3.05) is 25.1 Å². The van der Waals surface area contributed by atoms with Gasteiger partial charge >= 0.3 is 12.0 Å². The van der Waals surface area contributed by atoms with Crippen LogP contribution in [0.15, 0.2) is 18.5 Å². The van der Waals surface area contributed by atoms with E-state index in [2.05, 4.69) is 25.4 Å². The smallest absolute Gasteiger partial charge is 0.323 e. The molecule has 0 aliphatic carbocycles. The number of nitrogens with zero attached hydrogens (tertiary/aromatic N) is 5. The molecule has 9 heteroatoms. The Morgan fingerprint density at radius 3 is 2.82 bits per heavy atom. The molecule has 1 N–H and O–H groups in total. The van der Waals surface area contributed by atoms with Crippen molar-refractivity contribution in [1.82, 2.24) is 24.7 Å². The maximum atomic E-state index is 11.3. The highest BCUT2D eigenvalue weighted by molar-refractivity contribution is 5.69. The molecule has 22 heavy (non-hydrogen) atoms. The van der Waals surface area contributed by atoms with E-state index in [1.165, 1.54) is 4.68 Å². The van der Waals surface area contributed by atoms with Gasteiger partial charge in [0.05, 0.1) is 19.6 Å². The lowest BCUT2D eigenvalue weighted by molar-refractivity contribution is -0.142. The molecule has 0 aliphatic heterocycles. The quantitative estimate of drug-likeness (QED) is 0.715. The van der Waals surface area contributed by atoms with E-state index in [4.69, 9.17) is 9.47 Å². The summed E-state index contributed by atoms with van der Waals surface area (Å²) in [6.07, 6.45) is 3.56. The van der Waals surface area contributed by atoms with Crippen LogP contribution >= 0.6 is 0 Å². The van der Waals surface area contributed by atoms with Crippen molar-refractivity contribution in [2.24, 2.45) is 0 Å². The molecule has 2 aromatic heterocycles. The third-order valence-electron chi connectivity index (χ3n) is 2.50. The average Bonchev–Trinajstić information content (AvgIpc) is 3.02. The highest BCUT2D eigenvalue weighted by Crippen LogP contribution is 2.10. The Morgan fingerprint density at radius 2 is 2.14 bits per heavy atom. The fourth-order valence-corrected chi connectivity index (χ4v) is 1.62. The first-order valence-corrected chi connectivity index (χ1v) is 7.01. The molecule has 0 aliphatic rings. The second kappa shape index (κ2) is 7.91. The molecule has 2 rings (SSSR count). The number of aromatic nitrogens is 5. The minimum Gasteiger partial charge on any atom is -0.466 e. The average molecular weight is 306 g/mol. The highest BCUT2D eigenvalue weighted by Gasteiger charge is 2.10. The summed E-state index contributed by atoms with van der Waals surface area (Å²) in [5.41, 5.74) is 0. The van der Waals surface area contributed by atoms with Gasteiger partial charge in [0.15, 0.2) is 0 Å². The number of rotatable bonds is 8. The molecular formula is C13H18N6O3. The van der Waals surface area contributed by atoms with Crippen LogP contribution in [-0.4, -0.2) is 50.5 Å². The standard InChI is InChI=1S/C13H18N6O3/c1-3-21-10(20)6-8-14-11-16-12(19-9-5-7-15-19)18-13(17-11)22-4-2/h5,7,9H,3-4,6,8H2,1-2H3,(H,14,16,17,18). The van der Waals surface area contributed by atoms with Crippen molar-refractivity contribution in [3.8, 4) is 12.0 Å². The lowest BCUT2D eigenvalue weighted by atomic mass is 10.4. The van der Waals surface area contributed by atoms with E-state index in [0.29, 0.717) is 31.7 Å². The van der Waals surface area contributed by atoms with Crippen LogP contribution in [0.25, 0.3) is 5.95 Å². The number of carbonyl (C=O) groups excluding carboxylic acids is 1. The molecule has 0 aromatic carbocycles. The van der Waals surface area contributed by atoms with Crippen LogP contribution < -0.4 is 10.1 Å². The molecule has 0 fully saturated rings. The molecule has 0 bridgehead atoms. The van der Waals surface area contributed by atoms with Crippen LogP contribution in [0.3, 0.4) is 0 Å². The molecule has 0 atom stereocenters. The molecule has 0 unspecified atom stereocenters. The first-order valence-electron chi connectivity index (χ1n) is 7.01. The van der Waals surface area contributed by atoms with E-state index in [9.17, 15) is 4.79 Å². The summed E-state index contributed by atoms with van der Waals surface area (Å²) >= 11 is 0. The monoisotopic (exact) mass is 306 g/mol. The molecule has 2 heterocycles. The number of anilines is 1. The molecule has 0 saturated heterocycles. The molecule has 0 radical (unpaired) electrons. The first kappa shape index (κ1) is 15.7. The number of esters is 1. The van der Waals surface area contributed by atoms with Crippen LogP contribution in [-0.2, 0) is 9.53 Å². The molecule has 9 nitrogen and oxygen atoms in total. The number of carbonyl (C=O) groups is 1. The fourth-order valence-electron chi connectivity index (χ4n) is 1.62. The fraction of sp³-hybridized carbons (Fsp3) is 0.462. The zero-order valence-corrected chi connectivity index (χ0v) is 12.5. The number of ether oxygens (including phenoxy) is 2. The minimum absolute atomic E-state index is 0.196. The van der Waals surface area contributed by atoms with Gasteiger partial charge in [-0.25, -0.2) is 4.68 Å². The van der Waals surface area contributed by atoms with Gasteiger partial charge in [-0.05, 0) is 19.9 Å². The molecule has 2 aromatic rings. The summed E-state index contributed by atoms with van der Waals surface area (Å²) < 4.78 is 11.7. The minimum atomic E-state index is -0.276. The Hall–Kier alpha value is -2.71. The second-order valence-corrected chi connectivity index (χ2v) is 4.11. The predicted molar refractivity (Wildman–Crippen MR) is 77.9 cm³/mol. The topological polar surface area (TPSA) is 104 Å². The lowest BCUT2D eigenvalue weighted by Gasteiger charge is -2.08. The molecule has 0 spiro atoms. The van der Waals surface area contributed by atoms with Crippen molar-refractivity contribution < 1.29 is 14.3 Å². The molecule has 118 valence electrons. The van der Waals surface area contributed by atoms with Crippen molar-refractivity contribution in [2.45, 2.75) is 20.3 Å². The largest absolute Gasteiger partial charge is 0.466 e. The summed E-state index contributed by atoms with van der Waals surface area (Å²) in [5.74, 6) is 0.372. The Morgan fingerprint density at radius 1 is 1.27 bits per heavy atom. The number of nitrogens with one attached hydrogen (secondary N) is 1. The SMILES string of the molecule is CCOC(=O)CCNc1nc(OCC)nc(-n2cccn2)n1. The van der Waals surface area contributed by atoms with Gasteiger partial charge in [-0.1, -0.05) is 0 Å². The lowest BCUT2D eigenvalue weighted by Crippen LogP contribution is -2.15. The Labute approximate surface area is 127 Å². The zero-order valence-electron chi connectivity index (χ0n) is 12.5. The van der Waals surface area contributed by atoms with Gasteiger partial charge in [-0.15, -0.1) is 0 Å². The Kier molecular flexibility index (Phi) is 5.64. The van der Waals surface area contributed by atoms with Gasteiger partial charge in [0.2, 0.25) is 5.95 Å². The van der Waals surface area contributed by atoms with Crippen LogP contribution in [0.1, 0.15) is 20.3 Å². The van der Waals surface area contributed by atoms with Gasteiger partial charge in [-0.2, -0.15) is 20.1 Å². The number of hydrogen-bond acceptors (Lipinski definition) is 8. The predicted octanol–water partition coefficient (Wildman–Crippen LogP) is 0.821. The van der Waals surface area contributed by atoms with E-state index in [-0.39, 0.29) is 18.4 Å². The second-order valence-electron chi connectivity index (χ2n) is 4.11. The highest BCUT2D eigenvalue weighted by atomic mass is 16.5. The van der Waals surface area contributed by atoms with Gasteiger partial charge in [0.1, 0.15) is 0 Å². The van der Waals surface area contributed by atoms with Crippen molar-refractivity contribution in [1.29, 1.82) is 0 Å². The van der Waals surface area contributed by atoms with Crippen LogP contribution in [0.4, 0.5) is 5.95 Å². The molecular weight excluding hydrogens is 288 g/mol. The van der Waals surface area contributed by atoms with E-state index in [1.54, 1.807) is 25.4 Å². The summed E-state index contributed by atoms with van der Waals surface area (Å²) in [6, 6.07) is 1.96. The van der Waals surface area contributed by atoms with Crippen molar-refractivity contribution in [3.63, 3.8) is 0 Å². The third-order valence-corrected chi connectivity index (χ3v) is 2.50. The third kappa shape index (κ3) is 4.40. The van der Waals surface area contributed by atoms with Crippen molar-refractivity contribution in [3.05, 3.63) is 18.5 Å². The van der Waals surface area contributed by atoms with Gasteiger partial charge < -0.3 is 14.8 Å². The van der Waals surface area contributed by atoms with E-state index >= 15 is 0 Å². The first-order chi connectivity index (χ1) is 10.7. The molecule has 0 saturated carbocycles. The Balaban J connectivity index is 2.07. The summed E-state index contributed by atoms with van der Waals surface area (Å²) in [6.45, 7) is 4.76. The van der Waals surface area contributed by atoms with E-state index in [0.717, 1.165) is 0 Å². The van der Waals surface area contributed by atoms with Crippen LogP contribution in [0, 0.1) is 0 Å². The van der Waals surface area contributed by atoms with Crippen LogP contribution in [0.2, 0.25) is 0 Å². The van der Waals surface area contributed by atoms with E-state index < -0.39 is 0 Å². The van der Waals surface area contributed by atoms with Gasteiger partial charge in [0, 0.05) is 18.9 Å². The summed E-state index contributed by atoms with van der Waals surface area (Å²) in [4.78, 5) is 23.8. The van der Waals surface area contributed by atoms with E-state index in [1.807, 2.05) is 6.92 Å². The zero-order chi connectivity index (χ0) is 15.8. The maximum Gasteiger partial charge on any atom is 0.323 e. The maximum absolute atomic E-state index is 11.3. The summed E-state index contributed by atoms with van der Waals surface area (Å²) in [5, 5.41) is 7.02. The van der Waals surface area contributed by atoms with Gasteiger partial charge in [-0.3, -0.25) is 4.79 Å². The van der Waals surface area contributed by atoms with Crippen molar-refractivity contribution >= 4 is 11.9 Å². The Bertz CT molecular complexity index is 602. The molecule has 0 amide bonds. The normalized spacial score (nSPS) is 10.3. The van der Waals surface area contributed by atoms with Crippen LogP contribution in [0.5, 0.6) is 6.01 Å². The number of hydrogen-bond donors (Lipinski definition) is 1. The van der Waals surface area contributed by atoms with Gasteiger partial charge in [0.25, 0.3) is 5.95 Å².